The molecule has 0 aromatic carbocycles. The highest BCUT2D eigenvalue weighted by molar-refractivity contribution is 5.69. The summed E-state index contributed by atoms with van der Waals surface area (Å²) in [6, 6.07) is 0.409. The van der Waals surface area contributed by atoms with E-state index in [2.05, 4.69) is 11.8 Å². The molecular formula is C14H25NO3. The Labute approximate surface area is 109 Å². The maximum atomic E-state index is 11.0. The zero-order valence-corrected chi connectivity index (χ0v) is 11.3. The molecule has 0 radical (unpaired) electrons. The van der Waals surface area contributed by atoms with E-state index in [1.54, 1.807) is 0 Å². The van der Waals surface area contributed by atoms with E-state index in [-0.39, 0.29) is 6.54 Å². The van der Waals surface area contributed by atoms with Gasteiger partial charge in [0.2, 0.25) is 0 Å². The monoisotopic (exact) mass is 255 g/mol. The molecule has 2 fully saturated rings. The second-order valence-corrected chi connectivity index (χ2v) is 5.73. The first kappa shape index (κ1) is 13.8. The van der Waals surface area contributed by atoms with E-state index in [1.165, 1.54) is 12.8 Å². The minimum absolute atomic E-state index is 0.194. The van der Waals surface area contributed by atoms with Crippen LogP contribution in [-0.4, -0.2) is 47.8 Å². The van der Waals surface area contributed by atoms with Gasteiger partial charge >= 0.3 is 5.97 Å². The van der Waals surface area contributed by atoms with E-state index in [4.69, 9.17) is 9.84 Å². The smallest absolute Gasteiger partial charge is 0.317 e. The third kappa shape index (κ3) is 4.25. The van der Waals surface area contributed by atoms with E-state index in [0.717, 1.165) is 44.8 Å². The lowest BCUT2D eigenvalue weighted by Crippen LogP contribution is -2.45. The van der Waals surface area contributed by atoms with Crippen LogP contribution in [0.25, 0.3) is 0 Å². The number of aliphatic carboxylic acids is 1. The molecule has 0 aromatic heterocycles. The van der Waals surface area contributed by atoms with Gasteiger partial charge in [-0.1, -0.05) is 13.3 Å². The van der Waals surface area contributed by atoms with Crippen LogP contribution in [0.4, 0.5) is 0 Å². The molecular weight excluding hydrogens is 230 g/mol. The number of nitrogens with zero attached hydrogens (tertiary/aromatic N) is 1. The molecule has 18 heavy (non-hydrogen) atoms. The molecule has 2 aliphatic rings. The largest absolute Gasteiger partial charge is 0.480 e. The van der Waals surface area contributed by atoms with Gasteiger partial charge in [0, 0.05) is 19.2 Å². The summed E-state index contributed by atoms with van der Waals surface area (Å²) in [5.74, 6) is 0.0472. The third-order valence-electron chi connectivity index (χ3n) is 3.99. The Balaban J connectivity index is 1.88. The van der Waals surface area contributed by atoms with Crippen LogP contribution in [0.2, 0.25) is 0 Å². The fourth-order valence-electron chi connectivity index (χ4n) is 2.86. The fraction of sp³-hybridized carbons (Fsp3) is 0.929. The minimum Gasteiger partial charge on any atom is -0.480 e. The molecule has 0 spiro atoms. The Bertz CT molecular complexity index is 276. The third-order valence-corrected chi connectivity index (χ3v) is 3.99. The van der Waals surface area contributed by atoms with Crippen LogP contribution in [-0.2, 0) is 9.53 Å². The standard InChI is InChI=1S/C14H25NO3/c1-2-3-13-8-12(6-7-18-13)15(10-14(16)17)9-11-4-5-11/h11-13H,2-10H2,1H3,(H,16,17). The molecule has 1 saturated heterocycles. The van der Waals surface area contributed by atoms with Gasteiger partial charge in [0.25, 0.3) is 0 Å². The Morgan fingerprint density at radius 1 is 1.39 bits per heavy atom. The quantitative estimate of drug-likeness (QED) is 0.757. The zero-order valence-electron chi connectivity index (χ0n) is 11.3. The lowest BCUT2D eigenvalue weighted by atomic mass is 9.98. The first-order valence-corrected chi connectivity index (χ1v) is 7.26. The average molecular weight is 255 g/mol. The van der Waals surface area contributed by atoms with Crippen molar-refractivity contribution >= 4 is 5.97 Å². The normalized spacial score (nSPS) is 28.6. The molecule has 0 bridgehead atoms. The van der Waals surface area contributed by atoms with Crippen molar-refractivity contribution in [3.63, 3.8) is 0 Å². The summed E-state index contributed by atoms with van der Waals surface area (Å²) in [6.45, 7) is 4.12. The molecule has 1 heterocycles. The van der Waals surface area contributed by atoms with Crippen molar-refractivity contribution in [3.8, 4) is 0 Å². The van der Waals surface area contributed by atoms with Crippen LogP contribution < -0.4 is 0 Å². The summed E-state index contributed by atoms with van der Waals surface area (Å²) in [7, 11) is 0. The van der Waals surface area contributed by atoms with Crippen LogP contribution in [0.5, 0.6) is 0 Å². The molecule has 1 aliphatic carbocycles. The van der Waals surface area contributed by atoms with Gasteiger partial charge in [-0.25, -0.2) is 0 Å². The lowest BCUT2D eigenvalue weighted by molar-refractivity contribution is -0.140. The summed E-state index contributed by atoms with van der Waals surface area (Å²) in [5, 5.41) is 9.04. The molecule has 4 heteroatoms. The lowest BCUT2D eigenvalue weighted by Gasteiger charge is -2.37. The maximum Gasteiger partial charge on any atom is 0.317 e. The van der Waals surface area contributed by atoms with Gasteiger partial charge in [-0.15, -0.1) is 0 Å². The number of hydrogen-bond acceptors (Lipinski definition) is 3. The van der Waals surface area contributed by atoms with Gasteiger partial charge in [-0.05, 0) is 38.0 Å². The van der Waals surface area contributed by atoms with Crippen LogP contribution >= 0.6 is 0 Å². The van der Waals surface area contributed by atoms with Crippen LogP contribution in [0, 0.1) is 5.92 Å². The molecule has 1 N–H and O–H groups in total. The number of carbonyl (C=O) groups is 1. The van der Waals surface area contributed by atoms with E-state index in [0.29, 0.717) is 12.1 Å². The van der Waals surface area contributed by atoms with Crippen molar-refractivity contribution < 1.29 is 14.6 Å². The number of rotatable bonds is 7. The first-order chi connectivity index (χ1) is 8.69. The second kappa shape index (κ2) is 6.53. The number of hydrogen-bond donors (Lipinski definition) is 1. The summed E-state index contributed by atoms with van der Waals surface area (Å²) in [5.41, 5.74) is 0. The Hall–Kier alpha value is -0.610. The van der Waals surface area contributed by atoms with Crippen molar-refractivity contribution in [2.75, 3.05) is 19.7 Å². The van der Waals surface area contributed by atoms with Crippen molar-refractivity contribution in [3.05, 3.63) is 0 Å². The van der Waals surface area contributed by atoms with E-state index in [9.17, 15) is 4.79 Å². The number of carboxylic acids is 1. The molecule has 1 saturated carbocycles. The van der Waals surface area contributed by atoms with Crippen molar-refractivity contribution in [2.45, 2.75) is 57.6 Å². The predicted octanol–water partition coefficient (Wildman–Crippen LogP) is 2.13. The van der Waals surface area contributed by atoms with Gasteiger partial charge in [0.15, 0.2) is 0 Å². The Kier molecular flexibility index (Phi) is 5.01. The molecule has 0 amide bonds. The molecule has 2 atom stereocenters. The summed E-state index contributed by atoms with van der Waals surface area (Å²) in [4.78, 5) is 13.2. The Morgan fingerprint density at radius 3 is 2.78 bits per heavy atom. The highest BCUT2D eigenvalue weighted by Crippen LogP contribution is 2.32. The van der Waals surface area contributed by atoms with Crippen LogP contribution in [0.3, 0.4) is 0 Å². The summed E-state index contributed by atoms with van der Waals surface area (Å²) in [6.07, 6.45) is 7.12. The molecule has 2 unspecified atom stereocenters. The number of carboxylic acid groups (broad SMARTS) is 1. The Morgan fingerprint density at radius 2 is 2.17 bits per heavy atom. The molecule has 4 nitrogen and oxygen atoms in total. The molecule has 0 aromatic rings. The van der Waals surface area contributed by atoms with Crippen LogP contribution in [0.1, 0.15) is 45.4 Å². The predicted molar refractivity (Wildman–Crippen MR) is 69.6 cm³/mol. The molecule has 1 aliphatic heterocycles. The van der Waals surface area contributed by atoms with E-state index >= 15 is 0 Å². The minimum atomic E-state index is -0.700. The van der Waals surface area contributed by atoms with Crippen molar-refractivity contribution in [2.24, 2.45) is 5.92 Å². The van der Waals surface area contributed by atoms with E-state index in [1.807, 2.05) is 0 Å². The average Bonchev–Trinajstić information content (AvgIpc) is 3.12. The fourth-order valence-corrected chi connectivity index (χ4v) is 2.86. The number of ether oxygens (including phenoxy) is 1. The van der Waals surface area contributed by atoms with Crippen molar-refractivity contribution in [1.82, 2.24) is 4.90 Å². The second-order valence-electron chi connectivity index (χ2n) is 5.73. The SMILES string of the molecule is CCCC1CC(N(CC(=O)O)CC2CC2)CCO1. The van der Waals surface area contributed by atoms with Crippen molar-refractivity contribution in [1.29, 1.82) is 0 Å². The van der Waals surface area contributed by atoms with Gasteiger partial charge in [-0.2, -0.15) is 0 Å². The summed E-state index contributed by atoms with van der Waals surface area (Å²) >= 11 is 0. The zero-order chi connectivity index (χ0) is 13.0. The topological polar surface area (TPSA) is 49.8 Å². The molecule has 2 rings (SSSR count). The van der Waals surface area contributed by atoms with Gasteiger partial charge in [-0.3, -0.25) is 9.69 Å². The highest BCUT2D eigenvalue weighted by atomic mass is 16.5. The summed E-state index contributed by atoms with van der Waals surface area (Å²) < 4.78 is 5.75. The van der Waals surface area contributed by atoms with Gasteiger partial charge in [0.05, 0.1) is 12.6 Å². The molecule has 104 valence electrons. The highest BCUT2D eigenvalue weighted by Gasteiger charge is 2.32. The first-order valence-electron chi connectivity index (χ1n) is 7.26. The van der Waals surface area contributed by atoms with Crippen LogP contribution in [0.15, 0.2) is 0 Å². The maximum absolute atomic E-state index is 11.0. The van der Waals surface area contributed by atoms with Gasteiger partial charge in [0.1, 0.15) is 0 Å². The van der Waals surface area contributed by atoms with E-state index < -0.39 is 5.97 Å². The van der Waals surface area contributed by atoms with Gasteiger partial charge < -0.3 is 9.84 Å².